The van der Waals surface area contributed by atoms with Crippen molar-refractivity contribution in [1.29, 1.82) is 0 Å². The van der Waals surface area contributed by atoms with E-state index in [2.05, 4.69) is 5.32 Å². The van der Waals surface area contributed by atoms with E-state index in [9.17, 15) is 30.8 Å². The van der Waals surface area contributed by atoms with Crippen molar-refractivity contribution >= 4 is 27.3 Å². The van der Waals surface area contributed by atoms with Gasteiger partial charge in [0.2, 0.25) is 0 Å². The van der Waals surface area contributed by atoms with Crippen molar-refractivity contribution in [2.45, 2.75) is 48.0 Å². The van der Waals surface area contributed by atoms with Crippen molar-refractivity contribution in [3.05, 3.63) is 64.4 Å². The van der Waals surface area contributed by atoms with Gasteiger partial charge in [-0.05, 0) is 62.1 Å². The molecule has 4 nitrogen and oxygen atoms in total. The number of halogens is 5. The Labute approximate surface area is 176 Å². The first-order valence-corrected chi connectivity index (χ1v) is 11.1. The maximum Gasteiger partial charge on any atom is 0.416 e. The number of benzene rings is 2. The zero-order valence-electron chi connectivity index (χ0n) is 15.5. The van der Waals surface area contributed by atoms with Crippen molar-refractivity contribution in [3.8, 4) is 0 Å². The standard InChI is InChI=1S/C20H18ClF4NO3S/c21-14-8-12(9-15(22)11-14)19(27)26-16-4-6-17(7-5-16)30(28,29)18-3-1-2-13(10-18)20(23,24)25/h1-3,8-11,16-17H,4-7H2,(H,26,27)/t16-,17-. The lowest BCUT2D eigenvalue weighted by Gasteiger charge is -2.29. The predicted molar refractivity (Wildman–Crippen MR) is 104 cm³/mol. The first kappa shape index (κ1) is 22.6. The van der Waals surface area contributed by atoms with Gasteiger partial charge in [0.15, 0.2) is 9.84 Å². The van der Waals surface area contributed by atoms with Crippen molar-refractivity contribution in [2.24, 2.45) is 0 Å². The Morgan fingerprint density at radius 2 is 1.70 bits per heavy atom. The first-order valence-electron chi connectivity index (χ1n) is 9.15. The molecule has 2 aromatic carbocycles. The van der Waals surface area contributed by atoms with E-state index in [1.54, 1.807) is 0 Å². The molecule has 0 spiro atoms. The SMILES string of the molecule is O=C(N[C@H]1CC[C@H](S(=O)(=O)c2cccc(C(F)(F)F)c2)CC1)c1cc(F)cc(Cl)c1. The van der Waals surface area contributed by atoms with Crippen LogP contribution in [0.2, 0.25) is 5.02 Å². The van der Waals surface area contributed by atoms with Gasteiger partial charge in [0.05, 0.1) is 15.7 Å². The van der Waals surface area contributed by atoms with Crippen molar-refractivity contribution in [3.63, 3.8) is 0 Å². The van der Waals surface area contributed by atoms with E-state index in [4.69, 9.17) is 11.6 Å². The zero-order valence-corrected chi connectivity index (χ0v) is 17.1. The van der Waals surface area contributed by atoms with Crippen LogP contribution < -0.4 is 5.32 Å². The molecule has 0 heterocycles. The van der Waals surface area contributed by atoms with Gasteiger partial charge < -0.3 is 5.32 Å². The minimum atomic E-state index is -4.63. The summed E-state index contributed by atoms with van der Waals surface area (Å²) in [4.78, 5) is 11.9. The second-order valence-corrected chi connectivity index (χ2v) is 9.84. The van der Waals surface area contributed by atoms with Crippen LogP contribution in [0.1, 0.15) is 41.6 Å². The van der Waals surface area contributed by atoms with Crippen molar-refractivity contribution in [2.75, 3.05) is 0 Å². The minimum absolute atomic E-state index is 0.0544. The van der Waals surface area contributed by atoms with Crippen LogP contribution in [-0.4, -0.2) is 25.6 Å². The Morgan fingerprint density at radius 1 is 1.03 bits per heavy atom. The van der Waals surface area contributed by atoms with Gasteiger partial charge in [-0.25, -0.2) is 12.8 Å². The molecule has 0 aromatic heterocycles. The summed E-state index contributed by atoms with van der Waals surface area (Å²) in [6.45, 7) is 0. The van der Waals surface area contributed by atoms with Gasteiger partial charge >= 0.3 is 6.18 Å². The van der Waals surface area contributed by atoms with Crippen LogP contribution in [0.25, 0.3) is 0 Å². The number of rotatable bonds is 4. The molecule has 0 bridgehead atoms. The fraction of sp³-hybridized carbons (Fsp3) is 0.350. The quantitative estimate of drug-likeness (QED) is 0.648. The number of hydrogen-bond donors (Lipinski definition) is 1. The van der Waals surface area contributed by atoms with Gasteiger partial charge in [-0.2, -0.15) is 13.2 Å². The lowest BCUT2D eigenvalue weighted by Crippen LogP contribution is -2.40. The van der Waals surface area contributed by atoms with Crippen LogP contribution in [0.15, 0.2) is 47.4 Å². The third kappa shape index (κ3) is 5.13. The van der Waals surface area contributed by atoms with Crippen molar-refractivity contribution in [1.82, 2.24) is 5.32 Å². The Morgan fingerprint density at radius 3 is 2.30 bits per heavy atom. The summed E-state index contributed by atoms with van der Waals surface area (Å²) in [7, 11) is -3.94. The fourth-order valence-electron chi connectivity index (χ4n) is 3.51. The maximum absolute atomic E-state index is 13.4. The average molecular weight is 464 g/mol. The Hall–Kier alpha value is -2.13. The molecule has 0 atom stereocenters. The van der Waals surface area contributed by atoms with E-state index < -0.39 is 38.6 Å². The highest BCUT2D eigenvalue weighted by Crippen LogP contribution is 2.33. The third-order valence-corrected chi connectivity index (χ3v) is 7.54. The topological polar surface area (TPSA) is 63.2 Å². The molecule has 1 N–H and O–H groups in total. The largest absolute Gasteiger partial charge is 0.416 e. The average Bonchev–Trinajstić information content (AvgIpc) is 2.67. The molecular weight excluding hydrogens is 446 g/mol. The molecule has 1 fully saturated rings. The molecule has 10 heteroatoms. The molecule has 30 heavy (non-hydrogen) atoms. The summed E-state index contributed by atoms with van der Waals surface area (Å²) in [6, 6.07) is 6.82. The summed E-state index contributed by atoms with van der Waals surface area (Å²) in [6.07, 6.45) is -3.59. The number of carbonyl (C=O) groups excluding carboxylic acids is 1. The van der Waals surface area contributed by atoms with Crippen LogP contribution in [0.3, 0.4) is 0 Å². The van der Waals surface area contributed by atoms with Gasteiger partial charge in [-0.3, -0.25) is 4.79 Å². The molecule has 2 aromatic rings. The second kappa shape index (κ2) is 8.55. The van der Waals surface area contributed by atoms with E-state index >= 15 is 0 Å². The molecule has 0 radical (unpaired) electrons. The number of hydrogen-bond acceptors (Lipinski definition) is 3. The monoisotopic (exact) mass is 463 g/mol. The summed E-state index contributed by atoms with van der Waals surface area (Å²) in [5, 5.41) is 1.97. The van der Waals surface area contributed by atoms with Crippen LogP contribution >= 0.6 is 11.6 Å². The molecule has 3 rings (SSSR count). The fourth-order valence-corrected chi connectivity index (χ4v) is 5.57. The lowest BCUT2D eigenvalue weighted by atomic mass is 9.94. The summed E-state index contributed by atoms with van der Waals surface area (Å²) >= 11 is 5.75. The van der Waals surface area contributed by atoms with Crippen LogP contribution in [0.4, 0.5) is 17.6 Å². The van der Waals surface area contributed by atoms with Gasteiger partial charge in [0, 0.05) is 16.6 Å². The summed E-state index contributed by atoms with van der Waals surface area (Å²) in [5.41, 5.74) is -0.961. The smallest absolute Gasteiger partial charge is 0.349 e. The molecule has 0 aliphatic heterocycles. The lowest BCUT2D eigenvalue weighted by molar-refractivity contribution is -0.137. The second-order valence-electron chi connectivity index (χ2n) is 7.18. The third-order valence-electron chi connectivity index (χ3n) is 5.06. The van der Waals surface area contributed by atoms with Crippen LogP contribution in [0, 0.1) is 5.82 Å². The highest BCUT2D eigenvalue weighted by atomic mass is 35.5. The van der Waals surface area contributed by atoms with Gasteiger partial charge in [-0.1, -0.05) is 17.7 Å². The van der Waals surface area contributed by atoms with Crippen LogP contribution in [-0.2, 0) is 16.0 Å². The number of alkyl halides is 3. The normalized spacial score (nSPS) is 20.0. The number of nitrogens with one attached hydrogen (secondary N) is 1. The minimum Gasteiger partial charge on any atom is -0.349 e. The van der Waals surface area contributed by atoms with Gasteiger partial charge in [0.25, 0.3) is 5.91 Å². The summed E-state index contributed by atoms with van der Waals surface area (Å²) in [5.74, 6) is -1.18. The molecule has 1 amide bonds. The van der Waals surface area contributed by atoms with E-state index in [1.807, 2.05) is 0 Å². The van der Waals surface area contributed by atoms with Crippen LogP contribution in [0.5, 0.6) is 0 Å². The highest BCUT2D eigenvalue weighted by Gasteiger charge is 2.35. The Balaban J connectivity index is 1.65. The van der Waals surface area contributed by atoms with E-state index in [0.717, 1.165) is 30.3 Å². The Bertz CT molecular complexity index is 1030. The molecule has 1 aliphatic rings. The molecule has 1 saturated carbocycles. The molecule has 1 aliphatic carbocycles. The van der Waals surface area contributed by atoms with E-state index in [1.165, 1.54) is 6.07 Å². The highest BCUT2D eigenvalue weighted by molar-refractivity contribution is 7.92. The van der Waals surface area contributed by atoms with E-state index in [0.29, 0.717) is 18.9 Å². The summed E-state index contributed by atoms with van der Waals surface area (Å²) < 4.78 is 77.7. The number of amides is 1. The zero-order chi connectivity index (χ0) is 22.1. The molecule has 0 unspecified atom stereocenters. The number of sulfone groups is 1. The van der Waals surface area contributed by atoms with Gasteiger partial charge in [0.1, 0.15) is 5.82 Å². The van der Waals surface area contributed by atoms with Crippen molar-refractivity contribution < 1.29 is 30.8 Å². The maximum atomic E-state index is 13.4. The molecule has 162 valence electrons. The Kier molecular flexibility index (Phi) is 6.43. The van der Waals surface area contributed by atoms with E-state index in [-0.39, 0.29) is 34.4 Å². The number of carbonyl (C=O) groups is 1. The first-order chi connectivity index (χ1) is 14.0. The van der Waals surface area contributed by atoms with Gasteiger partial charge in [-0.15, -0.1) is 0 Å². The molecular formula is C20H18ClF4NO3S. The molecule has 0 saturated heterocycles. The predicted octanol–water partition coefficient (Wildman–Crippen LogP) is 5.01.